The molecule has 2 fully saturated rings. The molecule has 0 spiro atoms. The van der Waals surface area contributed by atoms with Gasteiger partial charge in [-0.2, -0.15) is 0 Å². The van der Waals surface area contributed by atoms with Crippen LogP contribution in [0.2, 0.25) is 0 Å². The molecule has 2 heterocycles. The first-order valence-corrected chi connectivity index (χ1v) is 8.74. The molecule has 1 atom stereocenters. The maximum Gasteiger partial charge on any atom is 0.129 e. The van der Waals surface area contributed by atoms with E-state index in [2.05, 4.69) is 36.2 Å². The van der Waals surface area contributed by atoms with E-state index >= 15 is 0 Å². The number of aryl methyl sites for hydroxylation is 1. The van der Waals surface area contributed by atoms with Gasteiger partial charge in [0.25, 0.3) is 0 Å². The molecule has 0 aromatic carbocycles. The summed E-state index contributed by atoms with van der Waals surface area (Å²) in [4.78, 5) is 7.41. The number of pyridine rings is 1. The van der Waals surface area contributed by atoms with Crippen molar-refractivity contribution in [1.82, 2.24) is 10.3 Å². The lowest BCUT2D eigenvalue weighted by Gasteiger charge is -2.31. The molecular weight excluding hydrogens is 258 g/mol. The van der Waals surface area contributed by atoms with Crippen LogP contribution in [0, 0.1) is 6.92 Å². The van der Waals surface area contributed by atoms with Crippen molar-refractivity contribution in [2.24, 2.45) is 0 Å². The minimum absolute atomic E-state index is 0.672. The monoisotopic (exact) mass is 287 g/mol. The quantitative estimate of drug-likeness (QED) is 0.893. The number of anilines is 1. The molecule has 1 aromatic heterocycles. The molecule has 0 radical (unpaired) electrons. The van der Waals surface area contributed by atoms with Gasteiger partial charge in [-0.15, -0.1) is 0 Å². The molecular formula is C18H29N3. The summed E-state index contributed by atoms with van der Waals surface area (Å²) < 4.78 is 0. The van der Waals surface area contributed by atoms with Crippen molar-refractivity contribution in [2.75, 3.05) is 11.4 Å². The summed E-state index contributed by atoms with van der Waals surface area (Å²) in [6, 6.07) is 5.99. The highest BCUT2D eigenvalue weighted by atomic mass is 15.2. The van der Waals surface area contributed by atoms with E-state index in [1.165, 1.54) is 62.9 Å². The zero-order chi connectivity index (χ0) is 14.7. The van der Waals surface area contributed by atoms with Crippen LogP contribution in [0.1, 0.15) is 63.1 Å². The Morgan fingerprint density at radius 1 is 1.19 bits per heavy atom. The highest BCUT2D eigenvalue weighted by molar-refractivity contribution is 5.44. The Morgan fingerprint density at radius 2 is 2.05 bits per heavy atom. The van der Waals surface area contributed by atoms with Crippen LogP contribution in [0.25, 0.3) is 0 Å². The third-order valence-corrected chi connectivity index (χ3v) is 4.81. The molecule has 2 aliphatic rings. The smallest absolute Gasteiger partial charge is 0.129 e. The number of rotatable bonds is 5. The van der Waals surface area contributed by atoms with E-state index in [-0.39, 0.29) is 0 Å². The van der Waals surface area contributed by atoms with Gasteiger partial charge in [0.2, 0.25) is 0 Å². The molecule has 1 unspecified atom stereocenters. The fraction of sp³-hybridized carbons (Fsp3) is 0.722. The van der Waals surface area contributed by atoms with E-state index in [0.717, 1.165) is 18.3 Å². The van der Waals surface area contributed by atoms with Crippen molar-refractivity contribution in [1.29, 1.82) is 0 Å². The van der Waals surface area contributed by atoms with Crippen molar-refractivity contribution in [3.05, 3.63) is 23.4 Å². The molecule has 116 valence electrons. The molecule has 0 amide bonds. The van der Waals surface area contributed by atoms with Gasteiger partial charge in [-0.05, 0) is 56.7 Å². The fourth-order valence-corrected chi connectivity index (χ4v) is 3.42. The van der Waals surface area contributed by atoms with E-state index in [0.29, 0.717) is 6.04 Å². The van der Waals surface area contributed by atoms with E-state index in [9.17, 15) is 0 Å². The second kappa shape index (κ2) is 6.78. The first kappa shape index (κ1) is 14.8. The average Bonchev–Trinajstić information content (AvgIpc) is 3.30. The van der Waals surface area contributed by atoms with Gasteiger partial charge >= 0.3 is 0 Å². The highest BCUT2D eigenvalue weighted by Gasteiger charge is 2.22. The average molecular weight is 287 g/mol. The van der Waals surface area contributed by atoms with Crippen molar-refractivity contribution in [3.63, 3.8) is 0 Å². The van der Waals surface area contributed by atoms with Crippen LogP contribution in [0.15, 0.2) is 12.1 Å². The van der Waals surface area contributed by atoms with Gasteiger partial charge in [-0.3, -0.25) is 0 Å². The zero-order valence-corrected chi connectivity index (χ0v) is 13.6. The van der Waals surface area contributed by atoms with Crippen molar-refractivity contribution in [2.45, 2.75) is 77.4 Å². The predicted molar refractivity (Wildman–Crippen MR) is 88.7 cm³/mol. The Bertz CT molecular complexity index is 468. The molecule has 1 saturated carbocycles. The molecule has 1 aromatic rings. The van der Waals surface area contributed by atoms with Gasteiger partial charge in [0.15, 0.2) is 0 Å². The molecule has 3 nitrogen and oxygen atoms in total. The summed E-state index contributed by atoms with van der Waals surface area (Å²) in [7, 11) is 0. The Morgan fingerprint density at radius 3 is 2.81 bits per heavy atom. The molecule has 21 heavy (non-hydrogen) atoms. The van der Waals surface area contributed by atoms with E-state index in [1.807, 2.05) is 0 Å². The molecule has 3 rings (SSSR count). The van der Waals surface area contributed by atoms with Crippen molar-refractivity contribution < 1.29 is 0 Å². The van der Waals surface area contributed by atoms with Crippen LogP contribution in [0.4, 0.5) is 5.82 Å². The lowest BCUT2D eigenvalue weighted by atomic mass is 10.1. The second-order valence-corrected chi connectivity index (χ2v) is 6.73. The summed E-state index contributed by atoms with van der Waals surface area (Å²) in [6.45, 7) is 6.60. The van der Waals surface area contributed by atoms with Crippen LogP contribution >= 0.6 is 0 Å². The number of aromatic nitrogens is 1. The Balaban J connectivity index is 1.77. The number of hydrogen-bond donors (Lipinski definition) is 1. The van der Waals surface area contributed by atoms with Gasteiger partial charge in [-0.1, -0.05) is 19.8 Å². The van der Waals surface area contributed by atoms with Crippen LogP contribution in [-0.2, 0) is 6.54 Å². The number of nitrogens with one attached hydrogen (secondary N) is 1. The standard InChI is InChI=1S/C18H29N3/c1-3-17-7-5-4-6-10-21(17)18-12-15(11-14(2)20-18)13-19-16-8-9-16/h11-12,16-17,19H,3-10,13H2,1-2H3. The SMILES string of the molecule is CCC1CCCCCN1c1cc(CNC2CC2)cc(C)n1. The third kappa shape index (κ3) is 3.97. The van der Waals surface area contributed by atoms with Crippen molar-refractivity contribution in [3.8, 4) is 0 Å². The van der Waals surface area contributed by atoms with Gasteiger partial charge in [0.1, 0.15) is 5.82 Å². The normalized spacial score (nSPS) is 23.1. The van der Waals surface area contributed by atoms with E-state index < -0.39 is 0 Å². The van der Waals surface area contributed by atoms with E-state index in [1.54, 1.807) is 0 Å². The zero-order valence-electron chi connectivity index (χ0n) is 13.6. The van der Waals surface area contributed by atoms with Gasteiger partial charge in [0.05, 0.1) is 0 Å². The number of hydrogen-bond acceptors (Lipinski definition) is 3. The molecule has 3 heteroatoms. The fourth-order valence-electron chi connectivity index (χ4n) is 3.42. The molecule has 1 aliphatic heterocycles. The van der Waals surface area contributed by atoms with Gasteiger partial charge in [0, 0.05) is 30.9 Å². The van der Waals surface area contributed by atoms with Crippen LogP contribution < -0.4 is 10.2 Å². The van der Waals surface area contributed by atoms with Crippen LogP contribution in [0.5, 0.6) is 0 Å². The summed E-state index contributed by atoms with van der Waals surface area (Å²) in [5.74, 6) is 1.20. The molecule has 1 N–H and O–H groups in total. The Kier molecular flexibility index (Phi) is 4.79. The third-order valence-electron chi connectivity index (χ3n) is 4.81. The second-order valence-electron chi connectivity index (χ2n) is 6.73. The van der Waals surface area contributed by atoms with Crippen molar-refractivity contribution >= 4 is 5.82 Å². The van der Waals surface area contributed by atoms with Gasteiger partial charge in [-0.25, -0.2) is 4.98 Å². The maximum absolute atomic E-state index is 4.84. The molecule has 0 bridgehead atoms. The minimum atomic E-state index is 0.672. The Labute approximate surface area is 129 Å². The van der Waals surface area contributed by atoms with Crippen LogP contribution in [-0.4, -0.2) is 23.6 Å². The predicted octanol–water partition coefficient (Wildman–Crippen LogP) is 3.80. The topological polar surface area (TPSA) is 28.2 Å². The maximum atomic E-state index is 4.84. The largest absolute Gasteiger partial charge is 0.354 e. The highest BCUT2D eigenvalue weighted by Crippen LogP contribution is 2.26. The summed E-state index contributed by atoms with van der Waals surface area (Å²) in [6.07, 6.45) is 9.29. The lowest BCUT2D eigenvalue weighted by molar-refractivity contribution is 0.551. The number of nitrogens with zero attached hydrogens (tertiary/aromatic N) is 2. The Hall–Kier alpha value is -1.09. The summed E-state index contributed by atoms with van der Waals surface area (Å²) >= 11 is 0. The molecule has 1 saturated heterocycles. The summed E-state index contributed by atoms with van der Waals surface area (Å²) in [5.41, 5.74) is 2.54. The van der Waals surface area contributed by atoms with Crippen LogP contribution in [0.3, 0.4) is 0 Å². The first-order valence-electron chi connectivity index (χ1n) is 8.74. The first-order chi connectivity index (χ1) is 10.3. The minimum Gasteiger partial charge on any atom is -0.354 e. The van der Waals surface area contributed by atoms with E-state index in [4.69, 9.17) is 4.98 Å². The van der Waals surface area contributed by atoms with Gasteiger partial charge < -0.3 is 10.2 Å². The summed E-state index contributed by atoms with van der Waals surface area (Å²) in [5, 5.41) is 3.62. The molecule has 1 aliphatic carbocycles. The lowest BCUT2D eigenvalue weighted by Crippen LogP contribution is -2.35.